The second kappa shape index (κ2) is 9.86. The number of hydrogen-bond donors (Lipinski definition) is 1. The Morgan fingerprint density at radius 1 is 1.10 bits per heavy atom. The largest absolute Gasteiger partial charge is 0.493 e. The van der Waals surface area contributed by atoms with Crippen LogP contribution in [0.15, 0.2) is 30.3 Å². The third-order valence-electron chi connectivity index (χ3n) is 4.14. The number of nitrogens with zero attached hydrogens (tertiary/aromatic N) is 1. The fourth-order valence-corrected chi connectivity index (χ4v) is 3.75. The van der Waals surface area contributed by atoms with Crippen LogP contribution in [0.25, 0.3) is 0 Å². The van der Waals surface area contributed by atoms with E-state index in [1.54, 1.807) is 12.1 Å². The van der Waals surface area contributed by atoms with E-state index < -0.39 is 28.3 Å². The van der Waals surface area contributed by atoms with E-state index in [4.69, 9.17) is 25.8 Å². The predicted molar refractivity (Wildman–Crippen MR) is 112 cm³/mol. The number of carbonyl (C=O) groups is 1. The third kappa shape index (κ3) is 5.45. The number of benzene rings is 2. The van der Waals surface area contributed by atoms with Crippen molar-refractivity contribution in [3.63, 3.8) is 0 Å². The molecule has 0 heterocycles. The summed E-state index contributed by atoms with van der Waals surface area (Å²) in [4.78, 5) is 12.5. The van der Waals surface area contributed by atoms with Gasteiger partial charge in [-0.3, -0.25) is 9.10 Å². The Balaban J connectivity index is 2.20. The molecule has 1 N–H and O–H groups in total. The van der Waals surface area contributed by atoms with Crippen molar-refractivity contribution >= 4 is 33.2 Å². The van der Waals surface area contributed by atoms with Crippen LogP contribution in [0.4, 0.5) is 10.1 Å². The molecule has 2 aromatic carbocycles. The summed E-state index contributed by atoms with van der Waals surface area (Å²) in [7, 11) is 0.568. The number of nitrogens with one attached hydrogen (secondary N) is 1. The Hall–Kier alpha value is -2.72. The van der Waals surface area contributed by atoms with Crippen LogP contribution >= 0.6 is 11.6 Å². The number of hydrogen-bond acceptors (Lipinski definition) is 6. The molecule has 0 aliphatic rings. The van der Waals surface area contributed by atoms with E-state index in [9.17, 15) is 17.6 Å². The van der Waals surface area contributed by atoms with Crippen molar-refractivity contribution in [2.24, 2.45) is 0 Å². The average Bonchev–Trinajstić information content (AvgIpc) is 2.70. The molecule has 0 aliphatic carbocycles. The van der Waals surface area contributed by atoms with Gasteiger partial charge < -0.3 is 19.5 Å². The van der Waals surface area contributed by atoms with Gasteiger partial charge in [0.15, 0.2) is 11.5 Å². The van der Waals surface area contributed by atoms with Crippen molar-refractivity contribution in [2.45, 2.75) is 6.54 Å². The van der Waals surface area contributed by atoms with Gasteiger partial charge in [0.2, 0.25) is 21.7 Å². The molecular weight excluding hydrogens is 439 g/mol. The second-order valence-corrected chi connectivity index (χ2v) is 8.45. The summed E-state index contributed by atoms with van der Waals surface area (Å²) in [5.41, 5.74) is 0.668. The minimum absolute atomic E-state index is 0.0458. The minimum atomic E-state index is -3.83. The number of methoxy groups -OCH3 is 3. The lowest BCUT2D eigenvalue weighted by molar-refractivity contribution is -0.119. The first-order chi connectivity index (χ1) is 14.1. The highest BCUT2D eigenvalue weighted by Gasteiger charge is 2.22. The van der Waals surface area contributed by atoms with Crippen LogP contribution in [-0.4, -0.2) is 48.5 Å². The summed E-state index contributed by atoms with van der Waals surface area (Å²) < 4.78 is 54.4. The molecule has 11 heteroatoms. The van der Waals surface area contributed by atoms with Crippen molar-refractivity contribution in [1.29, 1.82) is 0 Å². The number of ether oxygens (including phenoxy) is 3. The van der Waals surface area contributed by atoms with E-state index in [1.807, 2.05) is 0 Å². The van der Waals surface area contributed by atoms with Gasteiger partial charge in [0.1, 0.15) is 12.4 Å². The zero-order valence-electron chi connectivity index (χ0n) is 16.9. The SMILES string of the molecule is COc1ccc(CNC(=O)CN(c2ccc(F)c(Cl)c2)S(C)(=O)=O)c(OC)c1OC. The van der Waals surface area contributed by atoms with Crippen molar-refractivity contribution in [3.8, 4) is 17.2 Å². The molecule has 0 unspecified atom stereocenters. The van der Waals surface area contributed by atoms with E-state index in [-0.39, 0.29) is 17.3 Å². The molecule has 0 bridgehead atoms. The maximum Gasteiger partial charge on any atom is 0.241 e. The van der Waals surface area contributed by atoms with Crippen LogP contribution in [0.5, 0.6) is 17.2 Å². The molecule has 2 rings (SSSR count). The van der Waals surface area contributed by atoms with E-state index >= 15 is 0 Å². The van der Waals surface area contributed by atoms with E-state index in [0.29, 0.717) is 22.8 Å². The van der Waals surface area contributed by atoms with Gasteiger partial charge in [0.05, 0.1) is 38.3 Å². The van der Waals surface area contributed by atoms with Crippen LogP contribution in [0.2, 0.25) is 5.02 Å². The smallest absolute Gasteiger partial charge is 0.241 e. The fraction of sp³-hybridized carbons (Fsp3) is 0.316. The van der Waals surface area contributed by atoms with Crippen molar-refractivity contribution in [3.05, 3.63) is 46.7 Å². The van der Waals surface area contributed by atoms with Gasteiger partial charge in [-0.25, -0.2) is 12.8 Å². The molecule has 0 saturated heterocycles. The normalized spacial score (nSPS) is 11.0. The summed E-state index contributed by atoms with van der Waals surface area (Å²) >= 11 is 5.74. The molecule has 0 radical (unpaired) electrons. The summed E-state index contributed by atoms with van der Waals surface area (Å²) in [6.07, 6.45) is 0.939. The fourth-order valence-electron chi connectivity index (χ4n) is 2.72. The minimum Gasteiger partial charge on any atom is -0.493 e. The van der Waals surface area contributed by atoms with Gasteiger partial charge in [0, 0.05) is 12.1 Å². The van der Waals surface area contributed by atoms with Gasteiger partial charge >= 0.3 is 0 Å². The highest BCUT2D eigenvalue weighted by Crippen LogP contribution is 2.39. The maximum atomic E-state index is 13.4. The van der Waals surface area contributed by atoms with Crippen molar-refractivity contribution < 1.29 is 31.8 Å². The standard InChI is InChI=1S/C19H22ClFN2O6S/c1-27-16-8-5-12(18(28-2)19(16)29-3)10-22-17(24)11-23(30(4,25)26)13-6-7-15(21)14(20)9-13/h5-9H,10-11H2,1-4H3,(H,22,24). The highest BCUT2D eigenvalue weighted by molar-refractivity contribution is 7.92. The number of rotatable bonds is 9. The lowest BCUT2D eigenvalue weighted by Crippen LogP contribution is -2.40. The number of sulfonamides is 1. The first-order valence-electron chi connectivity index (χ1n) is 8.59. The van der Waals surface area contributed by atoms with Crippen molar-refractivity contribution in [2.75, 3.05) is 38.4 Å². The molecule has 8 nitrogen and oxygen atoms in total. The summed E-state index contributed by atoms with van der Waals surface area (Å²) in [6.45, 7) is -0.472. The zero-order valence-corrected chi connectivity index (χ0v) is 18.4. The van der Waals surface area contributed by atoms with E-state index in [2.05, 4.69) is 5.32 Å². The second-order valence-electron chi connectivity index (χ2n) is 6.14. The molecule has 1 amide bonds. The predicted octanol–water partition coefficient (Wildman–Crippen LogP) is 2.59. The Labute approximate surface area is 179 Å². The molecule has 0 spiro atoms. The molecule has 0 aliphatic heterocycles. The Morgan fingerprint density at radius 3 is 2.30 bits per heavy atom. The van der Waals surface area contributed by atoms with E-state index in [0.717, 1.165) is 22.7 Å². The van der Waals surface area contributed by atoms with E-state index in [1.165, 1.54) is 27.4 Å². The average molecular weight is 461 g/mol. The van der Waals surface area contributed by atoms with Crippen LogP contribution in [0.1, 0.15) is 5.56 Å². The third-order valence-corrected chi connectivity index (χ3v) is 5.57. The molecule has 0 atom stereocenters. The summed E-state index contributed by atoms with van der Waals surface area (Å²) in [5.74, 6) is -0.0784. The number of anilines is 1. The molecule has 0 saturated carbocycles. The molecule has 0 fully saturated rings. The number of amides is 1. The highest BCUT2D eigenvalue weighted by atomic mass is 35.5. The quantitative estimate of drug-likeness (QED) is 0.618. The first kappa shape index (κ1) is 23.6. The Kier molecular flexibility index (Phi) is 7.74. The summed E-state index contributed by atoms with van der Waals surface area (Å²) in [5, 5.41) is 2.38. The number of halogens is 2. The molecule has 164 valence electrons. The van der Waals surface area contributed by atoms with Gasteiger partial charge in [-0.1, -0.05) is 11.6 Å². The van der Waals surface area contributed by atoms with Gasteiger partial charge in [-0.2, -0.15) is 0 Å². The topological polar surface area (TPSA) is 94.2 Å². The van der Waals surface area contributed by atoms with Crippen molar-refractivity contribution in [1.82, 2.24) is 5.32 Å². The van der Waals surface area contributed by atoms with Crippen LogP contribution in [0, 0.1) is 5.82 Å². The maximum absolute atomic E-state index is 13.4. The molecular formula is C19H22ClFN2O6S. The molecule has 30 heavy (non-hydrogen) atoms. The lowest BCUT2D eigenvalue weighted by atomic mass is 10.1. The summed E-state index contributed by atoms with van der Waals surface area (Å²) in [6, 6.07) is 6.75. The monoisotopic (exact) mass is 460 g/mol. The van der Waals surface area contributed by atoms with Gasteiger partial charge in [-0.15, -0.1) is 0 Å². The zero-order chi connectivity index (χ0) is 22.5. The lowest BCUT2D eigenvalue weighted by Gasteiger charge is -2.22. The number of carbonyl (C=O) groups excluding carboxylic acids is 1. The van der Waals surface area contributed by atoms with Crippen LogP contribution in [0.3, 0.4) is 0 Å². The van der Waals surface area contributed by atoms with Gasteiger partial charge in [0.25, 0.3) is 0 Å². The Morgan fingerprint density at radius 2 is 1.77 bits per heavy atom. The van der Waals surface area contributed by atoms with Crippen LogP contribution < -0.4 is 23.8 Å². The Bertz CT molecular complexity index is 1030. The molecule has 2 aromatic rings. The molecule has 0 aromatic heterocycles. The van der Waals surface area contributed by atoms with Gasteiger partial charge in [-0.05, 0) is 30.3 Å². The first-order valence-corrected chi connectivity index (χ1v) is 10.8. The van der Waals surface area contributed by atoms with Crippen LogP contribution in [-0.2, 0) is 21.4 Å².